The molecular formula is C18H24N6O2. The Kier molecular flexibility index (Phi) is 4.01. The number of hydrogen-bond donors (Lipinski definition) is 2. The molecule has 0 amide bonds. The molecule has 2 aliphatic heterocycles. The molecule has 1 saturated carbocycles. The van der Waals surface area contributed by atoms with Crippen LogP contribution in [0.15, 0.2) is 18.6 Å². The number of aliphatic hydroxyl groups is 1. The predicted octanol–water partition coefficient (Wildman–Crippen LogP) is 1.30. The van der Waals surface area contributed by atoms with Crippen LogP contribution in [0, 0.1) is 0 Å². The molecule has 3 aliphatic rings. The number of nitrogens with zero attached hydrogens (tertiary/aromatic N) is 5. The first-order valence-corrected chi connectivity index (χ1v) is 9.40. The Morgan fingerprint density at radius 2 is 2.12 bits per heavy atom. The fraction of sp³-hybridized carbons (Fsp3) is 0.611. The van der Waals surface area contributed by atoms with Crippen LogP contribution >= 0.6 is 0 Å². The average molecular weight is 356 g/mol. The van der Waals surface area contributed by atoms with Gasteiger partial charge in [-0.15, -0.1) is 0 Å². The first kappa shape index (κ1) is 16.0. The summed E-state index contributed by atoms with van der Waals surface area (Å²) in [4.78, 5) is 15.7. The third-order valence-electron chi connectivity index (χ3n) is 5.36. The van der Waals surface area contributed by atoms with Gasteiger partial charge >= 0.3 is 0 Å². The monoisotopic (exact) mass is 356 g/mol. The van der Waals surface area contributed by atoms with E-state index in [-0.39, 0.29) is 6.10 Å². The number of hydrogen-bond acceptors (Lipinski definition) is 7. The van der Waals surface area contributed by atoms with Crippen molar-refractivity contribution in [2.24, 2.45) is 0 Å². The van der Waals surface area contributed by atoms with Gasteiger partial charge in [-0.1, -0.05) is 0 Å². The summed E-state index contributed by atoms with van der Waals surface area (Å²) in [6.45, 7) is 3.38. The molecule has 1 atom stereocenters. The van der Waals surface area contributed by atoms with E-state index in [1.54, 1.807) is 0 Å². The van der Waals surface area contributed by atoms with Crippen LogP contribution in [0.4, 0.5) is 11.8 Å². The molecule has 2 aromatic heterocycles. The molecule has 2 aromatic rings. The molecule has 5 rings (SSSR count). The van der Waals surface area contributed by atoms with E-state index < -0.39 is 0 Å². The molecule has 26 heavy (non-hydrogen) atoms. The normalized spacial score (nSPS) is 23.3. The van der Waals surface area contributed by atoms with Crippen LogP contribution in [0.25, 0.3) is 0 Å². The minimum absolute atomic E-state index is 0.277. The standard InChI is InChI=1S/C18H24N6O2/c25-15-8-23(9-15)18-21-16(12-3-4-26-10-12)5-17(22-18)20-7-14-6-19-11-24(14)13-1-2-13/h5-6,11-13,15,25H,1-4,7-10H2,(H,20,21,22)/t12-/m0/s1. The number of β-amino-alcohol motifs (C(OH)–C–C–N with tert-alkyl or cyclic N) is 1. The summed E-state index contributed by atoms with van der Waals surface area (Å²) in [6, 6.07) is 2.65. The van der Waals surface area contributed by atoms with Crippen molar-refractivity contribution in [1.82, 2.24) is 19.5 Å². The Morgan fingerprint density at radius 1 is 1.23 bits per heavy atom. The fourth-order valence-corrected chi connectivity index (χ4v) is 3.61. The molecule has 8 heteroatoms. The number of ether oxygens (including phenoxy) is 1. The quantitative estimate of drug-likeness (QED) is 0.807. The van der Waals surface area contributed by atoms with Crippen molar-refractivity contribution in [2.75, 3.05) is 36.5 Å². The lowest BCUT2D eigenvalue weighted by molar-refractivity contribution is 0.140. The van der Waals surface area contributed by atoms with Gasteiger partial charge in [-0.2, -0.15) is 4.98 Å². The van der Waals surface area contributed by atoms with Crippen LogP contribution < -0.4 is 10.2 Å². The van der Waals surface area contributed by atoms with Crippen molar-refractivity contribution in [3.05, 3.63) is 30.0 Å². The second kappa shape index (κ2) is 6.51. The molecule has 3 fully saturated rings. The zero-order chi connectivity index (χ0) is 17.5. The van der Waals surface area contributed by atoms with Crippen molar-refractivity contribution in [3.63, 3.8) is 0 Å². The molecule has 0 aromatic carbocycles. The summed E-state index contributed by atoms with van der Waals surface area (Å²) in [5.74, 6) is 1.83. The molecular weight excluding hydrogens is 332 g/mol. The molecule has 138 valence electrons. The minimum atomic E-state index is -0.277. The molecule has 2 saturated heterocycles. The zero-order valence-electron chi connectivity index (χ0n) is 14.7. The maximum absolute atomic E-state index is 9.60. The van der Waals surface area contributed by atoms with Gasteiger partial charge in [-0.05, 0) is 19.3 Å². The number of anilines is 2. The summed E-state index contributed by atoms with van der Waals surface area (Å²) in [6.07, 6.45) is 7.04. The Hall–Kier alpha value is -2.19. The van der Waals surface area contributed by atoms with Gasteiger partial charge in [0.1, 0.15) is 5.82 Å². The second-order valence-electron chi connectivity index (χ2n) is 7.47. The number of imidazole rings is 1. The third-order valence-corrected chi connectivity index (χ3v) is 5.36. The predicted molar refractivity (Wildman–Crippen MR) is 96.3 cm³/mol. The first-order chi connectivity index (χ1) is 12.8. The molecule has 0 bridgehead atoms. The Labute approximate surface area is 152 Å². The van der Waals surface area contributed by atoms with Crippen LogP contribution in [-0.4, -0.2) is 57.0 Å². The van der Waals surface area contributed by atoms with Crippen LogP contribution in [0.3, 0.4) is 0 Å². The SMILES string of the molecule is OC1CN(c2nc(NCc3cncn3C3CC3)cc([C@H]3CCOC3)n2)C1. The highest BCUT2D eigenvalue weighted by Gasteiger charge is 2.29. The highest BCUT2D eigenvalue weighted by atomic mass is 16.5. The third kappa shape index (κ3) is 3.14. The van der Waals surface area contributed by atoms with Crippen molar-refractivity contribution in [3.8, 4) is 0 Å². The lowest BCUT2D eigenvalue weighted by Gasteiger charge is -2.36. The fourth-order valence-electron chi connectivity index (χ4n) is 3.61. The minimum Gasteiger partial charge on any atom is -0.389 e. The molecule has 0 unspecified atom stereocenters. The van der Waals surface area contributed by atoms with E-state index in [1.807, 2.05) is 23.5 Å². The van der Waals surface area contributed by atoms with Gasteiger partial charge in [0, 0.05) is 43.9 Å². The summed E-state index contributed by atoms with van der Waals surface area (Å²) in [5, 5.41) is 13.1. The number of aliphatic hydroxyl groups excluding tert-OH is 1. The maximum Gasteiger partial charge on any atom is 0.227 e. The highest BCUT2D eigenvalue weighted by molar-refractivity contribution is 5.46. The van der Waals surface area contributed by atoms with Crippen molar-refractivity contribution in [1.29, 1.82) is 0 Å². The summed E-state index contributed by atoms with van der Waals surface area (Å²) in [7, 11) is 0. The molecule has 8 nitrogen and oxygen atoms in total. The molecule has 0 radical (unpaired) electrons. The van der Waals surface area contributed by atoms with E-state index >= 15 is 0 Å². The first-order valence-electron chi connectivity index (χ1n) is 9.40. The zero-order valence-corrected chi connectivity index (χ0v) is 14.7. The van der Waals surface area contributed by atoms with Crippen molar-refractivity contribution < 1.29 is 9.84 Å². The summed E-state index contributed by atoms with van der Waals surface area (Å²) >= 11 is 0. The molecule has 2 N–H and O–H groups in total. The topological polar surface area (TPSA) is 88.3 Å². The van der Waals surface area contributed by atoms with Crippen molar-refractivity contribution in [2.45, 2.75) is 43.9 Å². The van der Waals surface area contributed by atoms with Crippen LogP contribution in [-0.2, 0) is 11.3 Å². The molecule has 4 heterocycles. The van der Waals surface area contributed by atoms with Gasteiger partial charge < -0.3 is 24.6 Å². The number of rotatable bonds is 6. The Balaban J connectivity index is 1.36. The van der Waals surface area contributed by atoms with Crippen molar-refractivity contribution >= 4 is 11.8 Å². The summed E-state index contributed by atoms with van der Waals surface area (Å²) < 4.78 is 7.79. The van der Waals surface area contributed by atoms with Gasteiger partial charge in [-0.3, -0.25) is 0 Å². The van der Waals surface area contributed by atoms with Gasteiger partial charge in [0.2, 0.25) is 5.95 Å². The Bertz CT molecular complexity index is 778. The van der Waals surface area contributed by atoms with E-state index in [1.165, 1.54) is 18.5 Å². The van der Waals surface area contributed by atoms with E-state index in [0.29, 0.717) is 44.1 Å². The highest BCUT2D eigenvalue weighted by Crippen LogP contribution is 2.35. The van der Waals surface area contributed by atoms with E-state index in [2.05, 4.69) is 19.9 Å². The molecule has 0 spiro atoms. The smallest absolute Gasteiger partial charge is 0.227 e. The largest absolute Gasteiger partial charge is 0.389 e. The maximum atomic E-state index is 9.60. The van der Waals surface area contributed by atoms with Gasteiger partial charge in [-0.25, -0.2) is 9.97 Å². The van der Waals surface area contributed by atoms with Crippen LogP contribution in [0.2, 0.25) is 0 Å². The number of nitrogens with one attached hydrogen (secondary N) is 1. The number of aromatic nitrogens is 4. The van der Waals surface area contributed by atoms with E-state index in [4.69, 9.17) is 9.72 Å². The van der Waals surface area contributed by atoms with E-state index in [0.717, 1.165) is 24.5 Å². The van der Waals surface area contributed by atoms with Gasteiger partial charge in [0.05, 0.1) is 37.0 Å². The lowest BCUT2D eigenvalue weighted by atomic mass is 10.0. The lowest BCUT2D eigenvalue weighted by Crippen LogP contribution is -2.51. The molecule has 1 aliphatic carbocycles. The van der Waals surface area contributed by atoms with Crippen LogP contribution in [0.5, 0.6) is 0 Å². The second-order valence-corrected chi connectivity index (χ2v) is 7.47. The van der Waals surface area contributed by atoms with Crippen LogP contribution in [0.1, 0.15) is 42.6 Å². The van der Waals surface area contributed by atoms with Gasteiger partial charge in [0.25, 0.3) is 0 Å². The van der Waals surface area contributed by atoms with E-state index in [9.17, 15) is 5.11 Å². The Morgan fingerprint density at radius 3 is 2.85 bits per heavy atom. The van der Waals surface area contributed by atoms with Gasteiger partial charge in [0.15, 0.2) is 0 Å². The summed E-state index contributed by atoms with van der Waals surface area (Å²) in [5.41, 5.74) is 2.20. The average Bonchev–Trinajstić information content (AvgIpc) is 3.12.